The van der Waals surface area contributed by atoms with Crippen LogP contribution in [0.3, 0.4) is 0 Å². The number of H-pyrrole nitrogens is 1. The predicted octanol–water partition coefficient (Wildman–Crippen LogP) is -3.02. The van der Waals surface area contributed by atoms with Crippen molar-refractivity contribution in [3.63, 3.8) is 0 Å². The van der Waals surface area contributed by atoms with Gasteiger partial charge in [0.15, 0.2) is 5.96 Å². The highest BCUT2D eigenvalue weighted by molar-refractivity contribution is 7.99. The van der Waals surface area contributed by atoms with Crippen molar-refractivity contribution < 1.29 is 87.2 Å². The van der Waals surface area contributed by atoms with E-state index in [0.29, 0.717) is 52.3 Å². The third-order valence-electron chi connectivity index (χ3n) is 18.9. The summed E-state index contributed by atoms with van der Waals surface area (Å²) >= 11 is 4.15. The van der Waals surface area contributed by atoms with Gasteiger partial charge < -0.3 is 107 Å². The van der Waals surface area contributed by atoms with Gasteiger partial charge in [0.1, 0.15) is 66.5 Å². The minimum absolute atomic E-state index is 0.0488. The van der Waals surface area contributed by atoms with Gasteiger partial charge >= 0.3 is 11.9 Å². The number of rotatable bonds is 50. The van der Waals surface area contributed by atoms with Crippen LogP contribution in [-0.2, 0) is 84.1 Å². The number of carbonyl (C=O) groups excluding carboxylic acids is 13. The molecule has 1 aliphatic rings. The highest BCUT2D eigenvalue weighted by Gasteiger charge is 2.46. The van der Waals surface area contributed by atoms with E-state index >= 15 is 14.4 Å². The van der Waals surface area contributed by atoms with Crippen molar-refractivity contribution >= 4 is 141 Å². The van der Waals surface area contributed by atoms with Gasteiger partial charge in [-0.2, -0.15) is 23.5 Å². The second kappa shape index (κ2) is 47.2. The van der Waals surface area contributed by atoms with Crippen LogP contribution in [0.25, 0.3) is 10.9 Å². The molecule has 24 N–H and O–H groups in total. The fourth-order valence-corrected chi connectivity index (χ4v) is 13.8. The Bertz CT molecular complexity index is 4020. The number of nitrogens with zero attached hydrogens (tertiary/aromatic N) is 5. The van der Waals surface area contributed by atoms with Crippen molar-refractivity contribution in [3.05, 3.63) is 78.2 Å². The van der Waals surface area contributed by atoms with E-state index in [0.717, 1.165) is 9.80 Å². The molecule has 3 heterocycles. The molecule has 1 fully saturated rings. The lowest BCUT2D eigenvalue weighted by atomic mass is 9.96. The molecule has 2 aromatic heterocycles. The second-order valence-electron chi connectivity index (χ2n) is 27.6. The van der Waals surface area contributed by atoms with E-state index in [1.165, 1.54) is 46.9 Å². The van der Waals surface area contributed by atoms with Crippen LogP contribution in [0.15, 0.2) is 76.9 Å². The predicted molar refractivity (Wildman–Crippen MR) is 424 cm³/mol. The summed E-state index contributed by atoms with van der Waals surface area (Å²) in [6.45, 7) is 6.54. The summed E-state index contributed by atoms with van der Waals surface area (Å²) < 4.78 is 1.46. The van der Waals surface area contributed by atoms with Crippen LogP contribution in [0.5, 0.6) is 0 Å². The standard InChI is InChI=1S/C72H107N21O18S3/c1-8-37(3)58(88-61(100)45(73)19-15-25-78-72(76)77)69(108)86-51(30-55(74)95)65(104)84-52(31-56(75)96)66(105)89-59(38(4)9-2)70(109)92-34-42(93-33-41(90-91-93)36-114-43-16-11-10-12-17-43)29-54(92)68(107)85-50(28-40-32-79-46-20-14-13-18-44(40)46)64(103)87-53(35-94)67(106)82-47(21-22-57(97)98)62(101)80-39(5)60(99)81-48(23-26-112-6)63(102)83-49(71(110)111)24-27-113-7/h10-14,16-18,20,32-33,37-39,42,45,47-54,58-59,79,94H,8-9,15,19,21-31,34-36,73H2,1-7H3,(H2,74,95)(H2,75,96)(H,80,101)(H,81,99)(H,82,106)(H,83,102)(H,84,104)(H,85,107)(H,86,108)(H,87,103)(H,88,100)(H,89,105)(H,97,98)(H,110,111)(H4,76,77,78)/t37-,38-,39-,42-,45-,47-,48-,49-,50-,51-,52-,53-,54-,58-,59-/m0/s1. The molecule has 39 nitrogen and oxygen atoms in total. The van der Waals surface area contributed by atoms with Crippen molar-refractivity contribution in [2.24, 2.45) is 45.5 Å². The number of aliphatic hydroxyl groups is 1. The lowest BCUT2D eigenvalue weighted by Gasteiger charge is -2.33. The van der Waals surface area contributed by atoms with E-state index in [9.17, 15) is 72.9 Å². The first kappa shape index (κ1) is 94.0. The Kier molecular flexibility index (Phi) is 38.9. The minimum atomic E-state index is -1.94. The van der Waals surface area contributed by atoms with Gasteiger partial charge in [-0.1, -0.05) is 82.1 Å². The number of hydrogen-bond acceptors (Lipinski definition) is 23. The Balaban J connectivity index is 1.47. The van der Waals surface area contributed by atoms with Gasteiger partial charge in [-0.25, -0.2) is 9.48 Å². The van der Waals surface area contributed by atoms with E-state index in [1.54, 1.807) is 76.9 Å². The van der Waals surface area contributed by atoms with E-state index in [4.69, 9.17) is 28.7 Å². The number of aromatic nitrogens is 4. The molecule has 626 valence electrons. The Morgan fingerprint density at radius 1 is 0.605 bits per heavy atom. The van der Waals surface area contributed by atoms with Gasteiger partial charge in [-0.15, -0.1) is 16.9 Å². The number of aliphatic carboxylic acids is 2. The fraction of sp³-hybridized carbons (Fsp3) is 0.556. The molecular formula is C72H107N21O18S3. The number of carboxylic acids is 2. The normalized spacial score (nSPS) is 16.6. The number of guanidine groups is 1. The van der Waals surface area contributed by atoms with Gasteiger partial charge in [-0.3, -0.25) is 72.1 Å². The van der Waals surface area contributed by atoms with Gasteiger partial charge in [-0.05, 0) is 98.6 Å². The molecule has 0 radical (unpaired) electrons. The number of para-hydroxylation sites is 1. The summed E-state index contributed by atoms with van der Waals surface area (Å²) in [7, 11) is 0. The maximum Gasteiger partial charge on any atom is 0.326 e. The van der Waals surface area contributed by atoms with Crippen LogP contribution in [0.1, 0.15) is 123 Å². The van der Waals surface area contributed by atoms with E-state index < -0.39 is 211 Å². The summed E-state index contributed by atoms with van der Waals surface area (Å²) in [5.41, 5.74) is 29.7. The molecule has 15 atom stereocenters. The Labute approximate surface area is 671 Å². The number of aliphatic imine (C=N–C) groups is 1. The molecule has 0 saturated carbocycles. The zero-order valence-electron chi connectivity index (χ0n) is 64.6. The summed E-state index contributed by atoms with van der Waals surface area (Å²) in [5, 5.41) is 64.5. The molecule has 1 saturated heterocycles. The molecule has 1 aliphatic heterocycles. The van der Waals surface area contributed by atoms with Crippen molar-refractivity contribution in [1.82, 2.24) is 78.0 Å². The first-order valence-corrected chi connectivity index (χ1v) is 40.8. The smallest absolute Gasteiger partial charge is 0.326 e. The number of hydrogen-bond donors (Lipinski definition) is 19. The summed E-state index contributed by atoms with van der Waals surface area (Å²) in [4.78, 5) is 217. The van der Waals surface area contributed by atoms with Crippen LogP contribution in [0.4, 0.5) is 0 Å². The summed E-state index contributed by atoms with van der Waals surface area (Å²) in [6.07, 6.45) is 4.03. The zero-order chi connectivity index (χ0) is 84.5. The lowest BCUT2D eigenvalue weighted by molar-refractivity contribution is -0.144. The molecule has 0 bridgehead atoms. The number of aromatic amines is 1. The average Bonchev–Trinajstić information content (AvgIpc) is 1.63. The number of likely N-dealkylation sites (tertiary alicyclic amines) is 1. The number of nitrogens with one attached hydrogen (secondary N) is 11. The molecule has 42 heteroatoms. The molecule has 0 spiro atoms. The molecule has 114 heavy (non-hydrogen) atoms. The molecule has 4 aromatic rings. The topological polar surface area (TPSA) is 629 Å². The SMILES string of the molecule is CC[C@H](C)[C@H](NC(=O)[C@@H](N)CCCN=C(N)N)C(=O)N[C@@H](CC(N)=O)C(=O)N[C@@H](CC(N)=O)C(=O)N[C@H](C(=O)N1C[C@@H](n2cc(CSc3ccccc3)nn2)C[C@H]1C(=O)N[C@@H](Cc1c[nH]c2ccccc12)C(=O)N[C@@H](CO)C(=O)N[C@@H](CCC(=O)O)C(=O)N[C@@H](C)C(=O)N[C@@H](CCSC)C(=O)N[C@@H](CCSC)C(=O)O)[C@@H](C)CC. The van der Waals surface area contributed by atoms with Gasteiger partial charge in [0, 0.05) is 66.3 Å². The Morgan fingerprint density at radius 2 is 1.13 bits per heavy atom. The van der Waals surface area contributed by atoms with Crippen LogP contribution in [-0.4, -0.2) is 251 Å². The number of benzene rings is 2. The van der Waals surface area contributed by atoms with Crippen molar-refractivity contribution in [2.75, 3.05) is 43.7 Å². The van der Waals surface area contributed by atoms with Crippen molar-refractivity contribution in [3.8, 4) is 0 Å². The van der Waals surface area contributed by atoms with Gasteiger partial charge in [0.2, 0.25) is 76.8 Å². The number of fused-ring (bicyclic) bond motifs is 1. The number of carboxylic acid groups (broad SMARTS) is 2. The largest absolute Gasteiger partial charge is 0.481 e. The second-order valence-corrected chi connectivity index (χ2v) is 30.6. The molecule has 13 amide bonds. The van der Waals surface area contributed by atoms with E-state index in [2.05, 4.69) is 73.5 Å². The number of primary amides is 2. The number of amides is 13. The summed E-state index contributed by atoms with van der Waals surface area (Å²) in [6, 6.07) is -3.34. The number of nitrogens with two attached hydrogens (primary N) is 5. The minimum Gasteiger partial charge on any atom is -0.481 e. The number of carbonyl (C=O) groups is 15. The third-order valence-corrected chi connectivity index (χ3v) is 21.3. The van der Waals surface area contributed by atoms with Gasteiger partial charge in [0.25, 0.3) is 0 Å². The summed E-state index contributed by atoms with van der Waals surface area (Å²) in [5.74, 6) is -16.6. The highest BCUT2D eigenvalue weighted by Crippen LogP contribution is 2.31. The fourth-order valence-electron chi connectivity index (χ4n) is 12.0. The Morgan fingerprint density at radius 3 is 1.74 bits per heavy atom. The maximum atomic E-state index is 15.7. The van der Waals surface area contributed by atoms with Crippen LogP contribution in [0, 0.1) is 11.8 Å². The van der Waals surface area contributed by atoms with E-state index in [-0.39, 0.29) is 57.6 Å². The average molecular weight is 1650 g/mol. The highest BCUT2D eigenvalue weighted by atomic mass is 32.2. The molecular weight excluding hydrogens is 1540 g/mol. The lowest BCUT2D eigenvalue weighted by Crippen LogP contribution is -2.62. The monoisotopic (exact) mass is 1650 g/mol. The molecule has 2 aromatic carbocycles. The first-order chi connectivity index (χ1) is 54.1. The Hall–Kier alpha value is -10.6. The van der Waals surface area contributed by atoms with Gasteiger partial charge in [0.05, 0.1) is 37.2 Å². The van der Waals surface area contributed by atoms with Crippen LogP contribution < -0.4 is 81.8 Å². The quantitative estimate of drug-likeness (QED) is 0.00905. The number of aliphatic hydroxyl groups excluding tert-OH is 1. The first-order valence-electron chi connectivity index (χ1n) is 37.0. The number of thioether (sulfide) groups is 3. The zero-order valence-corrected chi connectivity index (χ0v) is 67.0. The van der Waals surface area contributed by atoms with Crippen molar-refractivity contribution in [2.45, 2.75) is 201 Å². The van der Waals surface area contributed by atoms with Crippen LogP contribution in [0.2, 0.25) is 0 Å². The maximum absolute atomic E-state index is 15.7. The van der Waals surface area contributed by atoms with E-state index in [1.807, 2.05) is 30.3 Å². The third kappa shape index (κ3) is 29.7. The molecule has 5 rings (SSSR count). The molecule has 0 unspecified atom stereocenters. The van der Waals surface area contributed by atoms with Crippen molar-refractivity contribution in [1.29, 1.82) is 0 Å². The molecule has 0 aliphatic carbocycles. The van der Waals surface area contributed by atoms with Crippen LogP contribution >= 0.6 is 35.3 Å².